The molecule has 1 rings (SSSR count). The summed E-state index contributed by atoms with van der Waals surface area (Å²) < 4.78 is 10.1. The quantitative estimate of drug-likeness (QED) is 0.545. The van der Waals surface area contributed by atoms with Gasteiger partial charge < -0.3 is 9.47 Å². The third-order valence-corrected chi connectivity index (χ3v) is 2.33. The number of rotatable bonds is 6. The van der Waals surface area contributed by atoms with Gasteiger partial charge in [-0.2, -0.15) is 0 Å². The third kappa shape index (κ3) is 2.94. The molecule has 0 radical (unpaired) electrons. The van der Waals surface area contributed by atoms with E-state index in [-0.39, 0.29) is 5.78 Å². The second kappa shape index (κ2) is 6.08. The Labute approximate surface area is 95.7 Å². The molecule has 0 fully saturated rings. The van der Waals surface area contributed by atoms with E-state index < -0.39 is 6.10 Å². The predicted octanol–water partition coefficient (Wildman–Crippen LogP) is 2.47. The van der Waals surface area contributed by atoms with Crippen molar-refractivity contribution in [3.8, 4) is 5.75 Å². The minimum atomic E-state index is -0.453. The predicted molar refractivity (Wildman–Crippen MR) is 62.9 cm³/mol. The monoisotopic (exact) mass is 220 g/mol. The zero-order valence-electron chi connectivity index (χ0n) is 9.60. The Bertz CT molecular complexity index is 354. The highest BCUT2D eigenvalue weighted by Crippen LogP contribution is 2.14. The number of carbonyl (C=O) groups excluding carboxylic acids is 1. The van der Waals surface area contributed by atoms with E-state index in [0.29, 0.717) is 12.0 Å². The molecule has 0 saturated carbocycles. The van der Waals surface area contributed by atoms with Gasteiger partial charge in [0.15, 0.2) is 5.78 Å². The summed E-state index contributed by atoms with van der Waals surface area (Å²) in [6, 6.07) is 6.98. The minimum absolute atomic E-state index is 0.0370. The molecule has 1 unspecified atom stereocenters. The molecule has 3 nitrogen and oxygen atoms in total. The number of carbonyl (C=O) groups is 1. The van der Waals surface area contributed by atoms with Crippen molar-refractivity contribution in [2.45, 2.75) is 12.5 Å². The Kier molecular flexibility index (Phi) is 4.73. The molecule has 86 valence electrons. The van der Waals surface area contributed by atoms with Crippen molar-refractivity contribution < 1.29 is 14.3 Å². The molecule has 0 amide bonds. The first-order valence-corrected chi connectivity index (χ1v) is 5.05. The molecule has 1 aromatic rings. The highest BCUT2D eigenvalue weighted by Gasteiger charge is 2.17. The van der Waals surface area contributed by atoms with E-state index in [0.717, 1.165) is 5.75 Å². The number of hydrogen-bond acceptors (Lipinski definition) is 3. The van der Waals surface area contributed by atoms with Crippen LogP contribution < -0.4 is 4.74 Å². The third-order valence-electron chi connectivity index (χ3n) is 2.33. The summed E-state index contributed by atoms with van der Waals surface area (Å²) in [5, 5.41) is 0. The van der Waals surface area contributed by atoms with Crippen LogP contribution in [0.4, 0.5) is 0 Å². The van der Waals surface area contributed by atoms with Gasteiger partial charge in [-0.05, 0) is 30.7 Å². The fraction of sp³-hybridized carbons (Fsp3) is 0.308. The summed E-state index contributed by atoms with van der Waals surface area (Å²) >= 11 is 0. The first-order valence-electron chi connectivity index (χ1n) is 5.05. The first-order chi connectivity index (χ1) is 7.72. The summed E-state index contributed by atoms with van der Waals surface area (Å²) in [7, 11) is 3.11. The molecule has 0 heterocycles. The number of ether oxygens (including phenoxy) is 2. The lowest BCUT2D eigenvalue weighted by Crippen LogP contribution is -2.22. The molecular weight excluding hydrogens is 204 g/mol. The number of ketones is 1. The molecule has 0 N–H and O–H groups in total. The highest BCUT2D eigenvalue weighted by atomic mass is 16.5. The van der Waals surface area contributed by atoms with Gasteiger partial charge in [-0.15, -0.1) is 6.58 Å². The molecule has 0 aromatic heterocycles. The zero-order chi connectivity index (χ0) is 12.0. The number of methoxy groups -OCH3 is 2. The maximum Gasteiger partial charge on any atom is 0.191 e. The Morgan fingerprint density at radius 2 is 2.00 bits per heavy atom. The van der Waals surface area contributed by atoms with Crippen molar-refractivity contribution in [1.82, 2.24) is 0 Å². The molecular formula is C13H16O3. The van der Waals surface area contributed by atoms with Gasteiger partial charge in [-0.1, -0.05) is 6.08 Å². The van der Waals surface area contributed by atoms with Crippen molar-refractivity contribution in [2.75, 3.05) is 14.2 Å². The average Bonchev–Trinajstić information content (AvgIpc) is 2.35. The Morgan fingerprint density at radius 3 is 2.44 bits per heavy atom. The topological polar surface area (TPSA) is 35.5 Å². The van der Waals surface area contributed by atoms with Gasteiger partial charge in [0.1, 0.15) is 11.9 Å². The summed E-state index contributed by atoms with van der Waals surface area (Å²) in [4.78, 5) is 12.0. The Balaban J connectivity index is 2.81. The second-order valence-corrected chi connectivity index (χ2v) is 3.34. The van der Waals surface area contributed by atoms with Crippen LogP contribution in [0, 0.1) is 0 Å². The van der Waals surface area contributed by atoms with Gasteiger partial charge in [0.25, 0.3) is 0 Å². The molecule has 1 aromatic carbocycles. The van der Waals surface area contributed by atoms with Crippen LogP contribution in [0.3, 0.4) is 0 Å². The molecule has 0 aliphatic heterocycles. The zero-order valence-corrected chi connectivity index (χ0v) is 9.60. The molecule has 3 heteroatoms. The highest BCUT2D eigenvalue weighted by molar-refractivity contribution is 5.99. The van der Waals surface area contributed by atoms with Crippen LogP contribution in [0.15, 0.2) is 36.9 Å². The van der Waals surface area contributed by atoms with E-state index in [1.807, 2.05) is 0 Å². The van der Waals surface area contributed by atoms with E-state index in [1.165, 1.54) is 7.11 Å². The molecule has 1 atom stereocenters. The lowest BCUT2D eigenvalue weighted by Gasteiger charge is -2.12. The smallest absolute Gasteiger partial charge is 0.191 e. The van der Waals surface area contributed by atoms with Crippen LogP contribution in [0.5, 0.6) is 5.75 Å². The number of Topliss-reactive ketones (excluding diaryl/α,β-unsaturated/α-hetero) is 1. The van der Waals surface area contributed by atoms with E-state index in [1.54, 1.807) is 37.5 Å². The van der Waals surface area contributed by atoms with E-state index in [2.05, 4.69) is 6.58 Å². The van der Waals surface area contributed by atoms with E-state index in [9.17, 15) is 4.79 Å². The largest absolute Gasteiger partial charge is 0.497 e. The molecule has 0 aliphatic rings. The summed E-state index contributed by atoms with van der Waals surface area (Å²) in [6.45, 7) is 3.60. The second-order valence-electron chi connectivity index (χ2n) is 3.34. The Morgan fingerprint density at radius 1 is 1.38 bits per heavy atom. The fourth-order valence-electron chi connectivity index (χ4n) is 1.40. The van der Waals surface area contributed by atoms with Gasteiger partial charge in [0.05, 0.1) is 7.11 Å². The summed E-state index contributed by atoms with van der Waals surface area (Å²) in [5.41, 5.74) is 0.620. The van der Waals surface area contributed by atoms with Crippen LogP contribution >= 0.6 is 0 Å². The van der Waals surface area contributed by atoms with Crippen LogP contribution in [0.2, 0.25) is 0 Å². The van der Waals surface area contributed by atoms with Crippen molar-refractivity contribution in [2.24, 2.45) is 0 Å². The van der Waals surface area contributed by atoms with Crippen LogP contribution in [0.25, 0.3) is 0 Å². The van der Waals surface area contributed by atoms with Gasteiger partial charge in [-0.25, -0.2) is 0 Å². The van der Waals surface area contributed by atoms with E-state index in [4.69, 9.17) is 9.47 Å². The Hall–Kier alpha value is -1.61. The van der Waals surface area contributed by atoms with Crippen molar-refractivity contribution >= 4 is 5.78 Å². The normalized spacial score (nSPS) is 11.9. The summed E-state index contributed by atoms with van der Waals surface area (Å²) in [6.07, 6.45) is 1.74. The van der Waals surface area contributed by atoms with Crippen LogP contribution in [-0.2, 0) is 4.74 Å². The van der Waals surface area contributed by atoms with Crippen LogP contribution in [0.1, 0.15) is 16.8 Å². The maximum absolute atomic E-state index is 12.0. The molecule has 0 saturated heterocycles. The van der Waals surface area contributed by atoms with Crippen molar-refractivity contribution in [3.63, 3.8) is 0 Å². The minimum Gasteiger partial charge on any atom is -0.497 e. The van der Waals surface area contributed by atoms with Gasteiger partial charge in [-0.3, -0.25) is 4.79 Å². The van der Waals surface area contributed by atoms with E-state index >= 15 is 0 Å². The lowest BCUT2D eigenvalue weighted by molar-refractivity contribution is 0.0614. The van der Waals surface area contributed by atoms with Crippen LogP contribution in [-0.4, -0.2) is 26.1 Å². The molecule has 0 aliphatic carbocycles. The fourth-order valence-corrected chi connectivity index (χ4v) is 1.40. The van der Waals surface area contributed by atoms with Gasteiger partial charge in [0.2, 0.25) is 0 Å². The first kappa shape index (κ1) is 12.5. The average molecular weight is 220 g/mol. The molecule has 0 bridgehead atoms. The van der Waals surface area contributed by atoms with Gasteiger partial charge >= 0.3 is 0 Å². The molecule has 16 heavy (non-hydrogen) atoms. The number of hydrogen-bond donors (Lipinski definition) is 0. The summed E-state index contributed by atoms with van der Waals surface area (Å²) in [5.74, 6) is 0.694. The lowest BCUT2D eigenvalue weighted by atomic mass is 10.0. The maximum atomic E-state index is 12.0. The standard InChI is InChI=1S/C13H16O3/c1-4-5-12(16-3)13(14)10-6-8-11(15-2)9-7-10/h4,6-9,12H,1,5H2,2-3H3. The van der Waals surface area contributed by atoms with Crippen molar-refractivity contribution in [3.05, 3.63) is 42.5 Å². The molecule has 0 spiro atoms. The number of benzene rings is 1. The van der Waals surface area contributed by atoms with Gasteiger partial charge in [0, 0.05) is 12.7 Å². The SMILES string of the molecule is C=CCC(OC)C(=O)c1ccc(OC)cc1. The van der Waals surface area contributed by atoms with Crippen molar-refractivity contribution in [1.29, 1.82) is 0 Å².